The maximum atomic E-state index is 12.9. The number of halogens is 1. The number of rotatable bonds is 4. The van der Waals surface area contributed by atoms with Crippen molar-refractivity contribution in [1.29, 1.82) is 5.41 Å². The van der Waals surface area contributed by atoms with Gasteiger partial charge in [0.2, 0.25) is 11.5 Å². The number of fused-ring (bicyclic) bond motifs is 1. The lowest BCUT2D eigenvalue weighted by molar-refractivity contribution is -0.125. The van der Waals surface area contributed by atoms with Gasteiger partial charge in [-0.25, -0.2) is 0 Å². The highest BCUT2D eigenvalue weighted by molar-refractivity contribution is 5.85. The summed E-state index contributed by atoms with van der Waals surface area (Å²) in [4.78, 5) is 12.9. The molecule has 4 saturated carbocycles. The topological polar surface area (TPSA) is 62.8 Å². The molecule has 6 heteroatoms. The number of aryl methyl sites for hydroxylation is 1. The van der Waals surface area contributed by atoms with Crippen LogP contribution in [0.25, 0.3) is 11.0 Å². The average molecular weight is 389 g/mol. The summed E-state index contributed by atoms with van der Waals surface area (Å²) in [5.41, 5.74) is 2.41. The smallest absolute Gasteiger partial charge is 0.240 e. The second kappa shape index (κ2) is 7.01. The second-order valence-corrected chi connectivity index (χ2v) is 8.67. The lowest BCUT2D eigenvalue weighted by atomic mass is 9.54. The molecule has 0 unspecified atom stereocenters. The van der Waals surface area contributed by atoms with Crippen LogP contribution in [0, 0.1) is 29.1 Å². The van der Waals surface area contributed by atoms with E-state index in [0.717, 1.165) is 29.4 Å². The molecular formula is C21H29ClN4O. The zero-order valence-corrected chi connectivity index (χ0v) is 16.7. The zero-order valence-electron chi connectivity index (χ0n) is 15.9. The number of aromatic nitrogens is 2. The first-order chi connectivity index (χ1) is 12.6. The van der Waals surface area contributed by atoms with E-state index in [4.69, 9.17) is 5.41 Å². The average Bonchev–Trinajstić information content (AvgIpc) is 2.89. The first-order valence-electron chi connectivity index (χ1n) is 10.2. The first kappa shape index (κ1) is 18.6. The van der Waals surface area contributed by atoms with Crippen LogP contribution in [0.2, 0.25) is 0 Å². The Kier molecular flexibility index (Phi) is 4.83. The Hall–Kier alpha value is -1.75. The summed E-state index contributed by atoms with van der Waals surface area (Å²) in [6.07, 6.45) is 6.67. The van der Waals surface area contributed by atoms with Crippen LogP contribution in [0.4, 0.5) is 0 Å². The number of benzene rings is 1. The molecule has 4 fully saturated rings. The van der Waals surface area contributed by atoms with Crippen molar-refractivity contribution in [3.05, 3.63) is 29.9 Å². The van der Waals surface area contributed by atoms with Crippen LogP contribution in [-0.4, -0.2) is 21.1 Å². The molecule has 2 aromatic rings. The number of hydrogen-bond donors (Lipinski definition) is 2. The Labute approximate surface area is 166 Å². The third-order valence-electron chi connectivity index (χ3n) is 7.15. The minimum Gasteiger partial charge on any atom is -0.351 e. The molecule has 2 N–H and O–H groups in total. The fourth-order valence-electron chi connectivity index (χ4n) is 6.31. The molecule has 4 aliphatic carbocycles. The fourth-order valence-corrected chi connectivity index (χ4v) is 6.31. The SMILES string of the molecule is CCn1c(=N)n(CC(=O)NC2C3CC4CC(C3)CC2C4)c2ccccc21.Cl. The van der Waals surface area contributed by atoms with Crippen LogP contribution < -0.4 is 10.9 Å². The Balaban J connectivity index is 0.00000180. The van der Waals surface area contributed by atoms with Crippen molar-refractivity contribution in [2.45, 2.75) is 58.2 Å². The molecule has 1 heterocycles. The van der Waals surface area contributed by atoms with E-state index >= 15 is 0 Å². The normalized spacial score (nSPS) is 31.1. The summed E-state index contributed by atoms with van der Waals surface area (Å²) in [6.45, 7) is 3.03. The molecule has 4 aliphatic rings. The largest absolute Gasteiger partial charge is 0.351 e. The van der Waals surface area contributed by atoms with Gasteiger partial charge in [-0.05, 0) is 74.8 Å². The standard InChI is InChI=1S/C21H28N4O.ClH/c1-2-24-17-5-3-4-6-18(17)25(21(24)22)12-19(26)23-20-15-8-13-7-14(10-15)11-16(20)9-13;/h3-6,13-16,20,22H,2,7-12H2,1H3,(H,23,26);1H. The molecule has 1 amide bonds. The summed E-state index contributed by atoms with van der Waals surface area (Å²) in [5.74, 6) is 3.28. The van der Waals surface area contributed by atoms with Crippen LogP contribution in [0.5, 0.6) is 0 Å². The van der Waals surface area contributed by atoms with E-state index in [1.54, 1.807) is 0 Å². The van der Waals surface area contributed by atoms with Crippen molar-refractivity contribution >= 4 is 29.3 Å². The quantitative estimate of drug-likeness (QED) is 0.829. The summed E-state index contributed by atoms with van der Waals surface area (Å²) >= 11 is 0. The van der Waals surface area contributed by atoms with E-state index in [1.165, 1.54) is 32.1 Å². The van der Waals surface area contributed by atoms with Crippen LogP contribution >= 0.6 is 12.4 Å². The van der Waals surface area contributed by atoms with Gasteiger partial charge in [-0.15, -0.1) is 12.4 Å². The van der Waals surface area contributed by atoms with Gasteiger partial charge >= 0.3 is 0 Å². The summed E-state index contributed by atoms with van der Waals surface area (Å²) in [5, 5.41) is 11.9. The van der Waals surface area contributed by atoms with Crippen LogP contribution in [-0.2, 0) is 17.9 Å². The van der Waals surface area contributed by atoms with Crippen molar-refractivity contribution in [2.75, 3.05) is 0 Å². The molecule has 0 spiro atoms. The number of amides is 1. The Morgan fingerprint density at radius 2 is 1.59 bits per heavy atom. The highest BCUT2D eigenvalue weighted by atomic mass is 35.5. The number of carbonyl (C=O) groups excluding carboxylic acids is 1. The fraction of sp³-hybridized carbons (Fsp3) is 0.619. The second-order valence-electron chi connectivity index (χ2n) is 8.67. The number of nitrogens with one attached hydrogen (secondary N) is 2. The van der Waals surface area contributed by atoms with Gasteiger partial charge in [-0.3, -0.25) is 10.2 Å². The third kappa shape index (κ3) is 3.00. The molecule has 0 aliphatic heterocycles. The molecule has 4 bridgehead atoms. The van der Waals surface area contributed by atoms with E-state index < -0.39 is 0 Å². The van der Waals surface area contributed by atoms with Crippen molar-refractivity contribution in [3.8, 4) is 0 Å². The van der Waals surface area contributed by atoms with Gasteiger partial charge in [0, 0.05) is 12.6 Å². The first-order valence-corrected chi connectivity index (χ1v) is 10.2. The lowest BCUT2D eigenvalue weighted by Gasteiger charge is -2.54. The number of nitrogens with zero attached hydrogens (tertiary/aromatic N) is 2. The highest BCUT2D eigenvalue weighted by Gasteiger charge is 2.48. The monoisotopic (exact) mass is 388 g/mol. The third-order valence-corrected chi connectivity index (χ3v) is 7.15. The van der Waals surface area contributed by atoms with Gasteiger partial charge in [-0.2, -0.15) is 0 Å². The molecule has 0 radical (unpaired) electrons. The molecule has 5 nitrogen and oxygen atoms in total. The van der Waals surface area contributed by atoms with Gasteiger partial charge in [0.1, 0.15) is 6.54 Å². The van der Waals surface area contributed by atoms with Crippen molar-refractivity contribution < 1.29 is 4.79 Å². The van der Waals surface area contributed by atoms with Crippen LogP contribution in [0.3, 0.4) is 0 Å². The minimum atomic E-state index is 0. The molecule has 1 aromatic heterocycles. The van der Waals surface area contributed by atoms with Crippen LogP contribution in [0.1, 0.15) is 39.0 Å². The Bertz CT molecular complexity index is 887. The number of para-hydroxylation sites is 2. The van der Waals surface area contributed by atoms with E-state index in [0.29, 0.717) is 23.5 Å². The van der Waals surface area contributed by atoms with E-state index in [-0.39, 0.29) is 24.9 Å². The van der Waals surface area contributed by atoms with Gasteiger partial charge in [-0.1, -0.05) is 12.1 Å². The Morgan fingerprint density at radius 3 is 2.15 bits per heavy atom. The molecule has 0 saturated heterocycles. The van der Waals surface area contributed by atoms with Crippen LogP contribution in [0.15, 0.2) is 24.3 Å². The van der Waals surface area contributed by atoms with Crippen molar-refractivity contribution in [1.82, 2.24) is 14.5 Å². The highest BCUT2D eigenvalue weighted by Crippen LogP contribution is 2.53. The molecule has 0 atom stereocenters. The van der Waals surface area contributed by atoms with E-state index in [2.05, 4.69) is 5.32 Å². The molecular weight excluding hydrogens is 360 g/mol. The summed E-state index contributed by atoms with van der Waals surface area (Å²) < 4.78 is 3.82. The lowest BCUT2D eigenvalue weighted by Crippen LogP contribution is -2.56. The predicted molar refractivity (Wildman–Crippen MR) is 108 cm³/mol. The Morgan fingerprint density at radius 1 is 1.04 bits per heavy atom. The minimum absolute atomic E-state index is 0. The molecule has 1 aromatic carbocycles. The molecule has 146 valence electrons. The van der Waals surface area contributed by atoms with E-state index in [9.17, 15) is 4.79 Å². The molecule has 6 rings (SSSR count). The maximum absolute atomic E-state index is 12.9. The zero-order chi connectivity index (χ0) is 17.8. The van der Waals surface area contributed by atoms with Gasteiger partial charge in [0.25, 0.3) is 0 Å². The van der Waals surface area contributed by atoms with Gasteiger partial charge in [0.15, 0.2) is 0 Å². The molecule has 27 heavy (non-hydrogen) atoms. The summed E-state index contributed by atoms with van der Waals surface area (Å²) in [7, 11) is 0. The van der Waals surface area contributed by atoms with E-state index in [1.807, 2.05) is 40.3 Å². The van der Waals surface area contributed by atoms with Crippen molar-refractivity contribution in [2.24, 2.45) is 23.7 Å². The summed E-state index contributed by atoms with van der Waals surface area (Å²) in [6, 6.07) is 8.38. The van der Waals surface area contributed by atoms with Gasteiger partial charge in [0.05, 0.1) is 11.0 Å². The van der Waals surface area contributed by atoms with Crippen molar-refractivity contribution in [3.63, 3.8) is 0 Å². The van der Waals surface area contributed by atoms with Gasteiger partial charge < -0.3 is 14.5 Å². The predicted octanol–water partition coefficient (Wildman–Crippen LogP) is 3.30. The maximum Gasteiger partial charge on any atom is 0.240 e. The number of hydrogen-bond acceptors (Lipinski definition) is 2. The number of carbonyl (C=O) groups is 1. The number of imidazole rings is 1.